The van der Waals surface area contributed by atoms with Gasteiger partial charge in [0.25, 0.3) is 11.5 Å². The van der Waals surface area contributed by atoms with Crippen molar-refractivity contribution in [2.24, 2.45) is 0 Å². The van der Waals surface area contributed by atoms with E-state index in [9.17, 15) is 29.1 Å². The number of aromatic nitrogens is 4. The van der Waals surface area contributed by atoms with Gasteiger partial charge in [-0.3, -0.25) is 24.7 Å². The molecule has 218 valence electrons. The highest BCUT2D eigenvalue weighted by atomic mass is 28.3. The minimum absolute atomic E-state index is 0.0233. The van der Waals surface area contributed by atoms with Crippen molar-refractivity contribution in [2.45, 2.75) is 51.1 Å². The number of hydrogen-bond donors (Lipinski definition) is 6. The Morgan fingerprint density at radius 2 is 1.78 bits per heavy atom. The third kappa shape index (κ3) is 9.68. The summed E-state index contributed by atoms with van der Waals surface area (Å²) in [6.07, 6.45) is 0.0429. The van der Waals surface area contributed by atoms with Crippen molar-refractivity contribution in [2.75, 3.05) is 17.2 Å². The number of carboxylic acid groups (broad SMARTS) is 2. The molecule has 2 amide bonds. The predicted molar refractivity (Wildman–Crippen MR) is 151 cm³/mol. The molecule has 3 rings (SSSR count). The highest BCUT2D eigenvalue weighted by Crippen LogP contribution is 2.13. The molecule has 1 atom stereocenters. The zero-order valence-corrected chi connectivity index (χ0v) is 23.7. The largest absolute Gasteiger partial charge is 0.481 e. The smallest absolute Gasteiger partial charge is 0.413 e. The van der Waals surface area contributed by atoms with E-state index in [1.54, 1.807) is 12.1 Å². The van der Waals surface area contributed by atoms with Crippen LogP contribution in [-0.4, -0.2) is 74.8 Å². The topological polar surface area (TPSA) is 226 Å². The van der Waals surface area contributed by atoms with Crippen LogP contribution in [-0.2, 0) is 20.9 Å². The molecule has 2 heterocycles. The minimum atomic E-state index is -1.37. The number of carbonyl (C=O) groups excluding carboxylic acids is 2. The van der Waals surface area contributed by atoms with E-state index in [4.69, 9.17) is 9.84 Å². The van der Waals surface area contributed by atoms with Crippen LogP contribution in [0.3, 0.4) is 0 Å². The molecule has 1 aromatic carbocycles. The lowest BCUT2D eigenvalue weighted by molar-refractivity contribution is -0.140. The average molecular weight is 586 g/mol. The van der Waals surface area contributed by atoms with Crippen molar-refractivity contribution in [3.63, 3.8) is 0 Å². The van der Waals surface area contributed by atoms with Crippen molar-refractivity contribution in [1.82, 2.24) is 25.3 Å². The van der Waals surface area contributed by atoms with Crippen molar-refractivity contribution in [3.05, 3.63) is 52.1 Å². The maximum absolute atomic E-state index is 12.5. The van der Waals surface area contributed by atoms with Crippen LogP contribution in [0, 0.1) is 0 Å². The third-order valence-corrected chi connectivity index (χ3v) is 7.35. The number of nitrogens with one attached hydrogen (secondary N) is 4. The molecule has 0 aliphatic carbocycles. The predicted octanol–water partition coefficient (Wildman–Crippen LogP) is 2.26. The summed E-state index contributed by atoms with van der Waals surface area (Å²) >= 11 is 0. The van der Waals surface area contributed by atoms with Crippen LogP contribution in [0.2, 0.25) is 25.7 Å². The van der Waals surface area contributed by atoms with Gasteiger partial charge >= 0.3 is 18.0 Å². The van der Waals surface area contributed by atoms with E-state index in [1.165, 1.54) is 18.3 Å². The number of ether oxygens (including phenoxy) is 1. The lowest BCUT2D eigenvalue weighted by Gasteiger charge is -2.15. The Balaban J connectivity index is 1.58. The van der Waals surface area contributed by atoms with E-state index in [1.807, 2.05) is 0 Å². The van der Waals surface area contributed by atoms with Gasteiger partial charge in [0, 0.05) is 25.7 Å². The van der Waals surface area contributed by atoms with Crippen LogP contribution in [0.4, 0.5) is 16.4 Å². The Morgan fingerprint density at radius 1 is 1.07 bits per heavy atom. The Labute approximate surface area is 234 Å². The molecular formula is C25H31N7O8Si. The molecular weight excluding hydrogens is 554 g/mol. The van der Waals surface area contributed by atoms with Gasteiger partial charge in [-0.15, -0.1) is 0 Å². The zero-order valence-electron chi connectivity index (χ0n) is 22.7. The first-order valence-corrected chi connectivity index (χ1v) is 16.3. The number of rotatable bonds is 13. The summed E-state index contributed by atoms with van der Waals surface area (Å²) in [5, 5.41) is 25.7. The van der Waals surface area contributed by atoms with Crippen LogP contribution in [0.1, 0.15) is 28.9 Å². The van der Waals surface area contributed by atoms with Gasteiger partial charge in [-0.05, 0) is 36.7 Å². The van der Waals surface area contributed by atoms with Gasteiger partial charge in [-0.2, -0.15) is 4.98 Å². The number of nitrogens with zero attached hydrogens (tertiary/aromatic N) is 3. The van der Waals surface area contributed by atoms with Crippen molar-refractivity contribution in [1.29, 1.82) is 0 Å². The number of fused-ring (bicyclic) bond motifs is 1. The first kappa shape index (κ1) is 30.7. The standard InChI is InChI=1S/C25H31N7O8Si/c1-41(2,3)11-10-40-25(39)32-24-30-20-19(22(36)31-24)28-16(13-27-20)12-26-15-6-4-14(5-7-15)21(35)29-17(23(37)38)8-9-18(33)34/h4-7,13,17,26H,8-12H2,1-3H3,(H,29,35)(H,33,34)(H,37,38)(H2,27,30,31,32,36,39). The summed E-state index contributed by atoms with van der Waals surface area (Å²) in [4.78, 5) is 73.9. The monoisotopic (exact) mass is 585 g/mol. The van der Waals surface area contributed by atoms with Crippen molar-refractivity contribution < 1.29 is 34.1 Å². The number of hydrogen-bond acceptors (Lipinski definition) is 10. The van der Waals surface area contributed by atoms with Gasteiger partial charge in [0.05, 0.1) is 25.0 Å². The number of carbonyl (C=O) groups is 4. The molecule has 15 nitrogen and oxygen atoms in total. The molecule has 0 saturated carbocycles. The van der Waals surface area contributed by atoms with Crippen LogP contribution < -0.4 is 21.5 Å². The molecule has 0 bridgehead atoms. The molecule has 0 fully saturated rings. The van der Waals surface area contributed by atoms with Gasteiger partial charge in [-0.25, -0.2) is 19.6 Å². The van der Waals surface area contributed by atoms with Crippen LogP contribution >= 0.6 is 0 Å². The number of benzene rings is 1. The van der Waals surface area contributed by atoms with Gasteiger partial charge in [0.1, 0.15) is 6.04 Å². The number of H-pyrrole nitrogens is 1. The average Bonchev–Trinajstić information content (AvgIpc) is 2.89. The highest BCUT2D eigenvalue weighted by molar-refractivity contribution is 6.76. The van der Waals surface area contributed by atoms with Gasteiger partial charge in [0.15, 0.2) is 11.2 Å². The molecule has 16 heteroatoms. The van der Waals surface area contributed by atoms with Crippen LogP contribution in [0.15, 0.2) is 35.3 Å². The Hall–Kier alpha value is -4.86. The molecule has 6 N–H and O–H groups in total. The first-order chi connectivity index (χ1) is 19.3. The number of carboxylic acids is 2. The number of aromatic amines is 1. The lowest BCUT2D eigenvalue weighted by Crippen LogP contribution is -2.41. The first-order valence-electron chi connectivity index (χ1n) is 12.6. The van der Waals surface area contributed by atoms with E-state index in [0.29, 0.717) is 11.4 Å². The van der Waals surface area contributed by atoms with Crippen molar-refractivity contribution >= 4 is 54.8 Å². The summed E-state index contributed by atoms with van der Waals surface area (Å²) in [6, 6.07) is 5.59. The molecule has 0 spiro atoms. The fraction of sp³-hybridized carbons (Fsp3) is 0.360. The number of anilines is 2. The molecule has 0 aliphatic heterocycles. The van der Waals surface area contributed by atoms with E-state index < -0.39 is 50.0 Å². The normalized spacial score (nSPS) is 11.9. The van der Waals surface area contributed by atoms with Crippen LogP contribution in [0.5, 0.6) is 0 Å². The van der Waals surface area contributed by atoms with Crippen molar-refractivity contribution in [3.8, 4) is 0 Å². The van der Waals surface area contributed by atoms with E-state index in [0.717, 1.165) is 6.04 Å². The Morgan fingerprint density at radius 3 is 2.41 bits per heavy atom. The second-order valence-electron chi connectivity index (χ2n) is 10.2. The molecule has 0 saturated heterocycles. The molecule has 1 unspecified atom stereocenters. The summed E-state index contributed by atoms with van der Waals surface area (Å²) in [6.45, 7) is 6.92. The van der Waals surface area contributed by atoms with Crippen LogP contribution in [0.25, 0.3) is 11.2 Å². The van der Waals surface area contributed by atoms with Gasteiger partial charge < -0.3 is 25.6 Å². The summed E-state index contributed by atoms with van der Waals surface area (Å²) in [7, 11) is -1.37. The second-order valence-corrected chi connectivity index (χ2v) is 15.9. The molecule has 3 aromatic rings. The summed E-state index contributed by atoms with van der Waals surface area (Å²) in [5.74, 6) is -3.26. The Bertz CT molecular complexity index is 1490. The van der Waals surface area contributed by atoms with E-state index >= 15 is 0 Å². The highest BCUT2D eigenvalue weighted by Gasteiger charge is 2.21. The maximum Gasteiger partial charge on any atom is 0.413 e. The minimum Gasteiger partial charge on any atom is -0.481 e. The number of amides is 2. The van der Waals surface area contributed by atoms with Gasteiger partial charge in [-0.1, -0.05) is 19.6 Å². The quantitative estimate of drug-likeness (QED) is 0.159. The Kier molecular flexibility index (Phi) is 10.1. The lowest BCUT2D eigenvalue weighted by atomic mass is 10.1. The zero-order chi connectivity index (χ0) is 30.2. The molecule has 0 aliphatic rings. The summed E-state index contributed by atoms with van der Waals surface area (Å²) < 4.78 is 5.14. The number of aliphatic carboxylic acids is 2. The van der Waals surface area contributed by atoms with Gasteiger partial charge in [0.2, 0.25) is 5.95 Å². The van der Waals surface area contributed by atoms with E-state index in [-0.39, 0.29) is 42.2 Å². The fourth-order valence-corrected chi connectivity index (χ4v) is 4.09. The fourth-order valence-electron chi connectivity index (χ4n) is 3.38. The molecule has 0 radical (unpaired) electrons. The molecule has 2 aromatic heterocycles. The summed E-state index contributed by atoms with van der Waals surface area (Å²) in [5.41, 5.74) is 0.618. The maximum atomic E-state index is 12.5. The SMILES string of the molecule is C[Si](C)(C)CCOC(=O)Nc1nc2ncc(CNc3ccc(C(=O)NC(CCC(=O)O)C(=O)O)cc3)nc2c(=O)[nH]1. The van der Waals surface area contributed by atoms with E-state index in [2.05, 4.69) is 55.5 Å². The second kappa shape index (κ2) is 13.5. The third-order valence-electron chi connectivity index (χ3n) is 5.64. The molecule has 41 heavy (non-hydrogen) atoms.